The SMILES string of the molecule is CCNC(=NCc1ccccc1)NCCCCn1c(C)cccc1=O.I. The van der Waals surface area contributed by atoms with E-state index in [0.717, 1.165) is 44.1 Å². The van der Waals surface area contributed by atoms with E-state index in [2.05, 4.69) is 34.7 Å². The van der Waals surface area contributed by atoms with E-state index in [4.69, 9.17) is 0 Å². The Morgan fingerprint density at radius 3 is 2.50 bits per heavy atom. The fraction of sp³-hybridized carbons (Fsp3) is 0.400. The third kappa shape index (κ3) is 7.59. The Balaban J connectivity index is 0.00000338. The van der Waals surface area contributed by atoms with Crippen LogP contribution in [0.4, 0.5) is 0 Å². The molecule has 0 bridgehead atoms. The van der Waals surface area contributed by atoms with Crippen molar-refractivity contribution >= 4 is 29.9 Å². The molecule has 2 rings (SSSR count). The van der Waals surface area contributed by atoms with Gasteiger partial charge in [0.1, 0.15) is 0 Å². The molecule has 0 aliphatic rings. The van der Waals surface area contributed by atoms with Crippen LogP contribution in [0.15, 0.2) is 58.3 Å². The standard InChI is InChI=1S/C20H28N4O.HI/c1-3-21-20(23-16-18-11-5-4-6-12-18)22-14-7-8-15-24-17(2)10-9-13-19(24)25;/h4-6,9-13H,3,7-8,14-16H2,1-2H3,(H2,21,22,23);1H. The summed E-state index contributed by atoms with van der Waals surface area (Å²) in [4.78, 5) is 16.4. The lowest BCUT2D eigenvalue weighted by atomic mass is 10.2. The number of nitrogens with one attached hydrogen (secondary N) is 2. The van der Waals surface area contributed by atoms with Crippen molar-refractivity contribution < 1.29 is 0 Å². The van der Waals surface area contributed by atoms with Crippen molar-refractivity contribution in [3.05, 3.63) is 70.1 Å². The zero-order valence-electron chi connectivity index (χ0n) is 15.6. The first-order valence-corrected chi connectivity index (χ1v) is 8.93. The molecule has 26 heavy (non-hydrogen) atoms. The number of pyridine rings is 1. The Kier molecular flexibility index (Phi) is 10.7. The van der Waals surface area contributed by atoms with Crippen LogP contribution in [-0.4, -0.2) is 23.6 Å². The van der Waals surface area contributed by atoms with Gasteiger partial charge in [0.25, 0.3) is 5.56 Å². The second-order valence-electron chi connectivity index (χ2n) is 5.97. The van der Waals surface area contributed by atoms with E-state index in [1.165, 1.54) is 5.56 Å². The fourth-order valence-electron chi connectivity index (χ4n) is 2.61. The molecular formula is C20H29IN4O. The molecule has 0 atom stereocenters. The minimum absolute atomic E-state index is 0. The third-order valence-electron chi connectivity index (χ3n) is 3.98. The van der Waals surface area contributed by atoms with Gasteiger partial charge >= 0.3 is 0 Å². The lowest BCUT2D eigenvalue weighted by Gasteiger charge is -2.12. The second-order valence-corrected chi connectivity index (χ2v) is 5.97. The summed E-state index contributed by atoms with van der Waals surface area (Å²) in [5, 5.41) is 6.62. The first-order valence-electron chi connectivity index (χ1n) is 8.93. The van der Waals surface area contributed by atoms with Gasteiger partial charge in [-0.2, -0.15) is 0 Å². The molecule has 0 aliphatic carbocycles. The van der Waals surface area contributed by atoms with Crippen LogP contribution in [-0.2, 0) is 13.1 Å². The van der Waals surface area contributed by atoms with Crippen LogP contribution in [0.25, 0.3) is 0 Å². The molecule has 0 unspecified atom stereocenters. The number of aryl methyl sites for hydroxylation is 1. The highest BCUT2D eigenvalue weighted by molar-refractivity contribution is 14.0. The zero-order valence-corrected chi connectivity index (χ0v) is 17.9. The monoisotopic (exact) mass is 468 g/mol. The highest BCUT2D eigenvalue weighted by Gasteiger charge is 2.00. The molecule has 142 valence electrons. The van der Waals surface area contributed by atoms with Crippen molar-refractivity contribution in [1.82, 2.24) is 15.2 Å². The number of hydrogen-bond acceptors (Lipinski definition) is 2. The third-order valence-corrected chi connectivity index (χ3v) is 3.98. The maximum Gasteiger partial charge on any atom is 0.250 e. The number of nitrogens with zero attached hydrogens (tertiary/aromatic N) is 2. The average Bonchev–Trinajstić information content (AvgIpc) is 2.62. The summed E-state index contributed by atoms with van der Waals surface area (Å²) in [6.07, 6.45) is 1.94. The second kappa shape index (κ2) is 12.5. The van der Waals surface area contributed by atoms with Crippen molar-refractivity contribution in [1.29, 1.82) is 0 Å². The molecule has 0 aliphatic heterocycles. The first kappa shape index (κ1) is 22.2. The molecule has 0 spiro atoms. The van der Waals surface area contributed by atoms with Gasteiger partial charge < -0.3 is 15.2 Å². The van der Waals surface area contributed by atoms with E-state index < -0.39 is 0 Å². The minimum Gasteiger partial charge on any atom is -0.357 e. The van der Waals surface area contributed by atoms with Gasteiger partial charge in [-0.1, -0.05) is 36.4 Å². The van der Waals surface area contributed by atoms with Gasteiger partial charge in [-0.3, -0.25) is 4.79 Å². The van der Waals surface area contributed by atoms with E-state index in [-0.39, 0.29) is 29.5 Å². The Bertz CT molecular complexity index is 728. The highest BCUT2D eigenvalue weighted by atomic mass is 127. The van der Waals surface area contributed by atoms with Crippen molar-refractivity contribution in [3.8, 4) is 0 Å². The van der Waals surface area contributed by atoms with Crippen molar-refractivity contribution in [3.63, 3.8) is 0 Å². The number of guanidine groups is 1. The van der Waals surface area contributed by atoms with Crippen LogP contribution < -0.4 is 16.2 Å². The molecule has 0 amide bonds. The maximum atomic E-state index is 11.8. The molecule has 1 aromatic carbocycles. The molecule has 0 fully saturated rings. The summed E-state index contributed by atoms with van der Waals surface area (Å²) in [5.74, 6) is 0.833. The minimum atomic E-state index is 0. The highest BCUT2D eigenvalue weighted by Crippen LogP contribution is 2.00. The molecule has 2 N–H and O–H groups in total. The van der Waals surface area contributed by atoms with E-state index in [0.29, 0.717) is 6.54 Å². The number of hydrogen-bond donors (Lipinski definition) is 2. The van der Waals surface area contributed by atoms with Gasteiger partial charge in [0, 0.05) is 31.4 Å². The molecule has 5 nitrogen and oxygen atoms in total. The molecule has 0 radical (unpaired) electrons. The number of rotatable bonds is 8. The van der Waals surface area contributed by atoms with Gasteiger partial charge in [0.15, 0.2) is 5.96 Å². The predicted octanol–water partition coefficient (Wildman–Crippen LogP) is 3.31. The number of halogens is 1. The topological polar surface area (TPSA) is 58.4 Å². The number of benzene rings is 1. The van der Waals surface area contributed by atoms with E-state index in [1.54, 1.807) is 6.07 Å². The van der Waals surface area contributed by atoms with Crippen LogP contribution >= 0.6 is 24.0 Å². The molecule has 0 saturated carbocycles. The molecule has 0 saturated heterocycles. The maximum absolute atomic E-state index is 11.8. The largest absolute Gasteiger partial charge is 0.357 e. The van der Waals surface area contributed by atoms with Crippen LogP contribution in [0.5, 0.6) is 0 Å². The quantitative estimate of drug-likeness (QED) is 0.271. The van der Waals surface area contributed by atoms with Gasteiger partial charge in [0.05, 0.1) is 6.54 Å². The summed E-state index contributed by atoms with van der Waals surface area (Å²) in [6.45, 7) is 7.11. The first-order chi connectivity index (χ1) is 12.2. The molecule has 2 aromatic rings. The zero-order chi connectivity index (χ0) is 17.9. The van der Waals surface area contributed by atoms with Crippen LogP contribution in [0.2, 0.25) is 0 Å². The molecular weight excluding hydrogens is 439 g/mol. The Labute approximate surface area is 173 Å². The molecule has 1 heterocycles. The van der Waals surface area contributed by atoms with E-state index in [9.17, 15) is 4.79 Å². The van der Waals surface area contributed by atoms with Gasteiger partial charge in [-0.05, 0) is 38.3 Å². The normalized spacial score (nSPS) is 10.9. The summed E-state index contributed by atoms with van der Waals surface area (Å²) in [5.41, 5.74) is 2.28. The summed E-state index contributed by atoms with van der Waals surface area (Å²) >= 11 is 0. The number of unbranched alkanes of at least 4 members (excludes halogenated alkanes) is 1. The number of aromatic nitrogens is 1. The summed E-state index contributed by atoms with van der Waals surface area (Å²) < 4.78 is 1.83. The van der Waals surface area contributed by atoms with Gasteiger partial charge in [0.2, 0.25) is 0 Å². The van der Waals surface area contributed by atoms with E-state index >= 15 is 0 Å². The van der Waals surface area contributed by atoms with E-state index in [1.807, 2.05) is 41.8 Å². The summed E-state index contributed by atoms with van der Waals surface area (Å²) in [7, 11) is 0. The Hall–Kier alpha value is -1.83. The van der Waals surface area contributed by atoms with Gasteiger partial charge in [-0.25, -0.2) is 4.99 Å². The van der Waals surface area contributed by atoms with Gasteiger partial charge in [-0.15, -0.1) is 24.0 Å². The molecule has 6 heteroatoms. The predicted molar refractivity (Wildman–Crippen MR) is 119 cm³/mol. The van der Waals surface area contributed by atoms with Crippen molar-refractivity contribution in [2.45, 2.75) is 39.8 Å². The van der Waals surface area contributed by atoms with Crippen LogP contribution in [0.3, 0.4) is 0 Å². The van der Waals surface area contributed by atoms with Crippen LogP contribution in [0, 0.1) is 6.92 Å². The van der Waals surface area contributed by atoms with Crippen LogP contribution in [0.1, 0.15) is 31.0 Å². The van der Waals surface area contributed by atoms with Crippen molar-refractivity contribution in [2.24, 2.45) is 4.99 Å². The Morgan fingerprint density at radius 2 is 1.81 bits per heavy atom. The lowest BCUT2D eigenvalue weighted by Crippen LogP contribution is -2.37. The summed E-state index contributed by atoms with van der Waals surface area (Å²) in [6, 6.07) is 15.6. The molecule has 1 aromatic heterocycles. The fourth-order valence-corrected chi connectivity index (χ4v) is 2.61. The Morgan fingerprint density at radius 1 is 1.04 bits per heavy atom. The lowest BCUT2D eigenvalue weighted by molar-refractivity contribution is 0.575. The smallest absolute Gasteiger partial charge is 0.250 e. The average molecular weight is 468 g/mol. The van der Waals surface area contributed by atoms with Crippen molar-refractivity contribution in [2.75, 3.05) is 13.1 Å². The number of aliphatic imine (C=N–C) groups is 1.